The Labute approximate surface area is 89.0 Å². The molecule has 0 aliphatic carbocycles. The summed E-state index contributed by atoms with van der Waals surface area (Å²) in [7, 11) is 0. The second-order valence-electron chi connectivity index (χ2n) is 4.60. The van der Waals surface area contributed by atoms with E-state index < -0.39 is 6.04 Å². The molecule has 0 saturated carbocycles. The maximum atomic E-state index is 11.3. The van der Waals surface area contributed by atoms with Gasteiger partial charge in [-0.25, -0.2) is 0 Å². The van der Waals surface area contributed by atoms with Crippen LogP contribution in [0.1, 0.15) is 33.5 Å². The van der Waals surface area contributed by atoms with Crippen molar-refractivity contribution in [2.24, 2.45) is 5.73 Å². The Morgan fingerprint density at radius 2 is 2.20 bits per heavy atom. The van der Waals surface area contributed by atoms with Crippen LogP contribution in [0.5, 0.6) is 0 Å². The van der Waals surface area contributed by atoms with E-state index >= 15 is 0 Å². The van der Waals surface area contributed by atoms with E-state index in [4.69, 9.17) is 10.3 Å². The number of carbonyl (C=O) groups excluding carboxylic acids is 1. The minimum absolute atomic E-state index is 0.121. The van der Waals surface area contributed by atoms with Crippen molar-refractivity contribution in [1.82, 2.24) is 5.16 Å². The van der Waals surface area contributed by atoms with E-state index in [0.717, 1.165) is 5.76 Å². The molecule has 0 aliphatic heterocycles. The third kappa shape index (κ3) is 3.06. The molecule has 0 radical (unpaired) electrons. The SMILES string of the molecule is C[C@H](N)C(=O)Nc1cc(C(C)(C)C)on1. The monoisotopic (exact) mass is 211 g/mol. The van der Waals surface area contributed by atoms with Gasteiger partial charge in [-0.05, 0) is 6.92 Å². The third-order valence-corrected chi connectivity index (χ3v) is 1.91. The van der Waals surface area contributed by atoms with Crippen LogP contribution in [-0.2, 0) is 10.2 Å². The zero-order chi connectivity index (χ0) is 11.6. The molecule has 0 spiro atoms. The van der Waals surface area contributed by atoms with Crippen molar-refractivity contribution in [2.75, 3.05) is 5.32 Å². The normalized spacial score (nSPS) is 13.7. The molecule has 1 rings (SSSR count). The van der Waals surface area contributed by atoms with Crippen LogP contribution in [0.3, 0.4) is 0 Å². The quantitative estimate of drug-likeness (QED) is 0.771. The average Bonchev–Trinajstić information content (AvgIpc) is 2.51. The number of nitrogens with zero attached hydrogens (tertiary/aromatic N) is 1. The molecule has 1 aromatic heterocycles. The van der Waals surface area contributed by atoms with Gasteiger partial charge in [0.2, 0.25) is 5.91 Å². The Morgan fingerprint density at radius 1 is 1.60 bits per heavy atom. The van der Waals surface area contributed by atoms with Gasteiger partial charge >= 0.3 is 0 Å². The van der Waals surface area contributed by atoms with Gasteiger partial charge in [-0.15, -0.1) is 0 Å². The first-order valence-corrected chi connectivity index (χ1v) is 4.84. The standard InChI is InChI=1S/C10H17N3O2/c1-6(11)9(14)12-8-5-7(15-13-8)10(2,3)4/h5-6H,11H2,1-4H3,(H,12,13,14)/t6-/m0/s1. The fourth-order valence-corrected chi connectivity index (χ4v) is 0.928. The first kappa shape index (κ1) is 11.7. The van der Waals surface area contributed by atoms with Crippen LogP contribution < -0.4 is 11.1 Å². The van der Waals surface area contributed by atoms with Gasteiger partial charge in [-0.1, -0.05) is 25.9 Å². The largest absolute Gasteiger partial charge is 0.359 e. The van der Waals surface area contributed by atoms with Gasteiger partial charge in [0.1, 0.15) is 5.76 Å². The Morgan fingerprint density at radius 3 is 2.60 bits per heavy atom. The number of amides is 1. The zero-order valence-electron chi connectivity index (χ0n) is 9.50. The molecule has 1 atom stereocenters. The lowest BCUT2D eigenvalue weighted by molar-refractivity contribution is -0.117. The lowest BCUT2D eigenvalue weighted by Gasteiger charge is -2.12. The fraction of sp³-hybridized carbons (Fsp3) is 0.600. The van der Waals surface area contributed by atoms with Crippen molar-refractivity contribution >= 4 is 11.7 Å². The molecule has 1 aromatic rings. The van der Waals surface area contributed by atoms with Gasteiger partial charge in [-0.2, -0.15) is 0 Å². The number of nitrogens with two attached hydrogens (primary N) is 1. The van der Waals surface area contributed by atoms with E-state index in [9.17, 15) is 4.79 Å². The number of rotatable bonds is 2. The second-order valence-corrected chi connectivity index (χ2v) is 4.60. The minimum Gasteiger partial charge on any atom is -0.359 e. The lowest BCUT2D eigenvalue weighted by atomic mass is 9.93. The van der Waals surface area contributed by atoms with Crippen LogP contribution in [0, 0.1) is 0 Å². The molecular formula is C10H17N3O2. The van der Waals surface area contributed by atoms with Gasteiger partial charge in [0.15, 0.2) is 5.82 Å². The highest BCUT2D eigenvalue weighted by atomic mass is 16.5. The maximum absolute atomic E-state index is 11.3. The van der Waals surface area contributed by atoms with E-state index in [1.165, 1.54) is 0 Å². The number of carbonyl (C=O) groups is 1. The highest BCUT2D eigenvalue weighted by molar-refractivity contribution is 5.93. The molecule has 5 heteroatoms. The van der Waals surface area contributed by atoms with E-state index in [1.54, 1.807) is 13.0 Å². The van der Waals surface area contributed by atoms with Crippen LogP contribution in [0.25, 0.3) is 0 Å². The highest BCUT2D eigenvalue weighted by Gasteiger charge is 2.20. The lowest BCUT2D eigenvalue weighted by Crippen LogP contribution is -2.32. The van der Waals surface area contributed by atoms with E-state index in [1.807, 2.05) is 20.8 Å². The zero-order valence-corrected chi connectivity index (χ0v) is 9.50. The fourth-order valence-electron chi connectivity index (χ4n) is 0.928. The summed E-state index contributed by atoms with van der Waals surface area (Å²) in [5.41, 5.74) is 5.29. The van der Waals surface area contributed by atoms with Crippen molar-refractivity contribution in [2.45, 2.75) is 39.2 Å². The van der Waals surface area contributed by atoms with Crippen molar-refractivity contribution in [1.29, 1.82) is 0 Å². The predicted molar refractivity (Wildman–Crippen MR) is 57.5 cm³/mol. The van der Waals surface area contributed by atoms with Gasteiger partial charge in [-0.3, -0.25) is 4.79 Å². The van der Waals surface area contributed by atoms with Crippen LogP contribution in [0.15, 0.2) is 10.6 Å². The summed E-state index contributed by atoms with van der Waals surface area (Å²) in [5.74, 6) is 0.855. The molecule has 5 nitrogen and oxygen atoms in total. The summed E-state index contributed by atoms with van der Waals surface area (Å²) in [6, 6.07) is 1.15. The van der Waals surface area contributed by atoms with Gasteiger partial charge in [0, 0.05) is 11.5 Å². The van der Waals surface area contributed by atoms with Crippen molar-refractivity contribution in [3.05, 3.63) is 11.8 Å². The molecule has 0 fully saturated rings. The van der Waals surface area contributed by atoms with Crippen molar-refractivity contribution in [3.63, 3.8) is 0 Å². The number of aromatic nitrogens is 1. The third-order valence-electron chi connectivity index (χ3n) is 1.91. The number of hydrogen-bond acceptors (Lipinski definition) is 4. The second kappa shape index (κ2) is 4.02. The summed E-state index contributed by atoms with van der Waals surface area (Å²) in [6.45, 7) is 7.63. The molecule has 0 aromatic carbocycles. The predicted octanol–water partition coefficient (Wildman–Crippen LogP) is 1.26. The maximum Gasteiger partial charge on any atom is 0.242 e. The number of anilines is 1. The van der Waals surface area contributed by atoms with Crippen LogP contribution in [0.2, 0.25) is 0 Å². The van der Waals surface area contributed by atoms with Crippen LogP contribution >= 0.6 is 0 Å². The summed E-state index contributed by atoms with van der Waals surface area (Å²) >= 11 is 0. The molecular weight excluding hydrogens is 194 g/mol. The Hall–Kier alpha value is -1.36. The van der Waals surface area contributed by atoms with E-state index in [2.05, 4.69) is 10.5 Å². The average molecular weight is 211 g/mol. The van der Waals surface area contributed by atoms with Crippen LogP contribution in [0.4, 0.5) is 5.82 Å². The first-order valence-electron chi connectivity index (χ1n) is 4.84. The van der Waals surface area contributed by atoms with Gasteiger partial charge in [0.05, 0.1) is 6.04 Å². The Kier molecular flexibility index (Phi) is 3.14. The number of hydrogen-bond donors (Lipinski definition) is 2. The Balaban J connectivity index is 2.73. The molecule has 1 amide bonds. The molecule has 84 valence electrons. The van der Waals surface area contributed by atoms with E-state index in [-0.39, 0.29) is 11.3 Å². The van der Waals surface area contributed by atoms with Crippen LogP contribution in [-0.4, -0.2) is 17.1 Å². The topological polar surface area (TPSA) is 81.2 Å². The Bertz CT molecular complexity index is 350. The van der Waals surface area contributed by atoms with Gasteiger partial charge < -0.3 is 15.6 Å². The van der Waals surface area contributed by atoms with Crippen molar-refractivity contribution < 1.29 is 9.32 Å². The molecule has 3 N–H and O–H groups in total. The van der Waals surface area contributed by atoms with E-state index in [0.29, 0.717) is 5.82 Å². The molecule has 15 heavy (non-hydrogen) atoms. The highest BCUT2D eigenvalue weighted by Crippen LogP contribution is 2.24. The molecule has 0 aliphatic rings. The summed E-state index contributed by atoms with van der Waals surface area (Å²) in [4.78, 5) is 11.3. The molecule has 0 unspecified atom stereocenters. The summed E-state index contributed by atoms with van der Waals surface area (Å²) in [6.07, 6.45) is 0. The molecule has 1 heterocycles. The number of nitrogens with one attached hydrogen (secondary N) is 1. The first-order chi connectivity index (χ1) is 6.80. The van der Waals surface area contributed by atoms with Gasteiger partial charge in [0.25, 0.3) is 0 Å². The molecule has 0 saturated heterocycles. The summed E-state index contributed by atoms with van der Waals surface area (Å²) in [5, 5.41) is 6.31. The summed E-state index contributed by atoms with van der Waals surface area (Å²) < 4.78 is 5.10. The smallest absolute Gasteiger partial charge is 0.242 e. The van der Waals surface area contributed by atoms with Crippen molar-refractivity contribution in [3.8, 4) is 0 Å². The molecule has 0 bridgehead atoms. The minimum atomic E-state index is -0.556.